The first-order valence-electron chi connectivity index (χ1n) is 29.2. The number of para-hydroxylation sites is 2. The van der Waals surface area contributed by atoms with Crippen LogP contribution in [-0.2, 0) is 70.8 Å². The maximum atomic E-state index is 14.4. The number of aryl methyl sites for hydroxylation is 2. The Morgan fingerprint density at radius 3 is 2.09 bits per heavy atom. The molecule has 0 aromatic heterocycles. The van der Waals surface area contributed by atoms with Crippen LogP contribution in [0, 0.1) is 6.92 Å². The van der Waals surface area contributed by atoms with Crippen molar-refractivity contribution in [2.45, 2.75) is 121 Å². The lowest BCUT2D eigenvalue weighted by Gasteiger charge is -2.35. The number of imide groups is 2. The zero-order valence-corrected chi connectivity index (χ0v) is 49.4. The van der Waals surface area contributed by atoms with Gasteiger partial charge in [0, 0.05) is 97.6 Å². The zero-order valence-electron chi connectivity index (χ0n) is 48.6. The molecule has 0 bridgehead atoms. The molecule has 0 aliphatic carbocycles. The highest BCUT2D eigenvalue weighted by Gasteiger charge is 2.44. The Kier molecular flexibility index (Phi) is 17.4. The van der Waals surface area contributed by atoms with E-state index in [0.717, 1.165) is 69.0 Å². The second kappa shape index (κ2) is 25.3. The van der Waals surface area contributed by atoms with Gasteiger partial charge >= 0.3 is 5.97 Å². The quantitative estimate of drug-likeness (QED) is 0.0418. The molecular weight excluding hydrogens is 1100 g/mol. The van der Waals surface area contributed by atoms with Gasteiger partial charge in [-0.2, -0.15) is 0 Å². The molecule has 2 saturated heterocycles. The van der Waals surface area contributed by atoms with Crippen LogP contribution in [0.25, 0.3) is 0 Å². The van der Waals surface area contributed by atoms with Crippen LogP contribution < -0.4 is 28.9 Å². The zero-order chi connectivity index (χ0) is 59.5. The van der Waals surface area contributed by atoms with E-state index in [1.807, 2.05) is 123 Å². The molecule has 0 saturated carbocycles. The summed E-state index contributed by atoms with van der Waals surface area (Å²) < 4.78 is 30.6. The van der Waals surface area contributed by atoms with Gasteiger partial charge in [0.05, 0.1) is 55.9 Å². The number of hydrogen-bond acceptors (Lipinski definition) is 16. The van der Waals surface area contributed by atoms with Crippen molar-refractivity contribution >= 4 is 82.1 Å². The normalized spacial score (nSPS) is 18.7. The van der Waals surface area contributed by atoms with Crippen LogP contribution in [0.15, 0.2) is 96.0 Å². The first kappa shape index (κ1) is 58.7. The Bertz CT molecular complexity index is 3480. The number of carbonyl (C=O) groups is 7. The fourth-order valence-corrected chi connectivity index (χ4v) is 13.6. The summed E-state index contributed by atoms with van der Waals surface area (Å²) in [6.07, 6.45) is 5.08. The molecule has 5 aromatic rings. The number of benzene rings is 5. The summed E-state index contributed by atoms with van der Waals surface area (Å²) in [5.41, 5.74) is 9.75. The van der Waals surface area contributed by atoms with Crippen LogP contribution in [0.3, 0.4) is 0 Å². The summed E-state index contributed by atoms with van der Waals surface area (Å²) in [6.45, 7) is 10.5. The fraction of sp³-hybridized carbons (Fsp3) is 0.415. The van der Waals surface area contributed by atoms with Crippen molar-refractivity contribution in [2.75, 3.05) is 67.9 Å². The Morgan fingerprint density at radius 1 is 0.706 bits per heavy atom. The molecule has 85 heavy (non-hydrogen) atoms. The second-order valence-corrected chi connectivity index (χ2v) is 24.7. The lowest BCUT2D eigenvalue weighted by atomic mass is 9.99. The number of fused-ring (bicyclic) bond motifs is 8. The van der Waals surface area contributed by atoms with Gasteiger partial charge in [0.15, 0.2) is 11.5 Å². The molecule has 5 aromatic carbocycles. The average molecular weight is 1180 g/mol. The highest BCUT2D eigenvalue weighted by atomic mass is 32.2. The lowest BCUT2D eigenvalue weighted by molar-refractivity contribution is -0.197. The van der Waals surface area contributed by atoms with E-state index in [9.17, 15) is 33.6 Å². The molecule has 6 aliphatic heterocycles. The van der Waals surface area contributed by atoms with Gasteiger partial charge in [0.2, 0.25) is 11.8 Å². The summed E-state index contributed by atoms with van der Waals surface area (Å²) in [6, 6.07) is 29.4. The molecule has 0 radical (unpaired) electrons. The molecule has 6 aliphatic rings. The van der Waals surface area contributed by atoms with Crippen molar-refractivity contribution < 1.29 is 62.1 Å². The van der Waals surface area contributed by atoms with E-state index in [0.29, 0.717) is 91.5 Å². The van der Waals surface area contributed by atoms with Crippen molar-refractivity contribution in [3.05, 3.63) is 136 Å². The third-order valence-electron chi connectivity index (χ3n) is 16.2. The van der Waals surface area contributed by atoms with Crippen LogP contribution in [0.5, 0.6) is 17.2 Å². The largest absolute Gasteiger partial charge is 0.493 e. The van der Waals surface area contributed by atoms with E-state index in [1.54, 1.807) is 13.2 Å². The van der Waals surface area contributed by atoms with Gasteiger partial charge in [-0.25, -0.2) is 4.79 Å². The van der Waals surface area contributed by atoms with E-state index in [2.05, 4.69) is 11.0 Å². The van der Waals surface area contributed by atoms with Gasteiger partial charge in [-0.15, -0.1) is 16.8 Å². The number of carbonyl (C=O) groups excluding carboxylic acids is 7. The predicted octanol–water partition coefficient (Wildman–Crippen LogP) is 8.85. The summed E-state index contributed by atoms with van der Waals surface area (Å²) in [5.74, 6) is -1.73. The summed E-state index contributed by atoms with van der Waals surface area (Å²) >= 11 is 1.36. The molecule has 2 fully saturated rings. The highest BCUT2D eigenvalue weighted by molar-refractivity contribution is 8.02. The number of hydroxylamine groups is 2. The lowest BCUT2D eigenvalue weighted by Crippen LogP contribution is -2.41. The molecule has 0 spiro atoms. The maximum Gasteiger partial charge on any atom is 0.335 e. The minimum Gasteiger partial charge on any atom is -0.493 e. The number of nitrogens with zero attached hydrogens (tertiary/aromatic N) is 6. The Hall–Kier alpha value is -8.07. The van der Waals surface area contributed by atoms with E-state index >= 15 is 0 Å². The molecular formula is C65H70N6O13S. The molecule has 20 heteroatoms. The number of likely N-dealkylation sites (tertiary alicyclic amines) is 1. The molecule has 3 atom stereocenters. The molecule has 6 heterocycles. The number of methoxy groups -OCH3 is 1. The van der Waals surface area contributed by atoms with Crippen molar-refractivity contribution in [1.29, 1.82) is 0 Å². The van der Waals surface area contributed by atoms with Gasteiger partial charge in [-0.1, -0.05) is 43.3 Å². The molecule has 1 unspecified atom stereocenters. The molecule has 6 amide bonds. The summed E-state index contributed by atoms with van der Waals surface area (Å²) in [4.78, 5) is 110. The van der Waals surface area contributed by atoms with Crippen molar-refractivity contribution in [2.24, 2.45) is 4.99 Å². The van der Waals surface area contributed by atoms with Crippen molar-refractivity contribution in [3.8, 4) is 17.2 Å². The van der Waals surface area contributed by atoms with E-state index in [4.69, 9.17) is 33.5 Å². The number of ether oxygens (including phenoxy) is 5. The Morgan fingerprint density at radius 2 is 1.38 bits per heavy atom. The first-order valence-corrected chi connectivity index (χ1v) is 30.0. The summed E-state index contributed by atoms with van der Waals surface area (Å²) in [5, 5.41) is -0.309. The standard InChI is InChI=1S/C65H70N6O13S/c1-6-22-80-24-25-81-23-21-67(39-65(3,4)85-57-35-60(74)68(64(57)78)20-19-61(75)84-71-58(72)17-18-59(71)73)47-28-41(37-82-54-34-51-50(26-40(54)2)63(77)70-48(36-66-51)31-45-12-8-10-14-53(45)70)27-42(29-47)38-83-56-32-43-15-16-46-30-44-11-7-9-13-52(44)69(46)62(76)49(43)33-55(56)79-5/h7-14,26-29,32-34,36,46,48,57H,6,15-25,30-31,35,37-39H2,1-5H3/t46-,48+,57?/m1/s1. The number of hydrogen-bond donors (Lipinski definition) is 0. The van der Waals surface area contributed by atoms with Crippen LogP contribution in [0.4, 0.5) is 22.7 Å². The Labute approximate surface area is 498 Å². The van der Waals surface area contributed by atoms with Gasteiger partial charge in [0.25, 0.3) is 23.6 Å². The van der Waals surface area contributed by atoms with Crippen molar-refractivity contribution in [3.63, 3.8) is 0 Å². The minimum absolute atomic E-state index is 0.0466. The van der Waals surface area contributed by atoms with E-state index in [-0.39, 0.29) is 69.3 Å². The SMILES string of the molecule is CCCOCCOCCN(CC(C)(C)SC1CC(=O)N(CCC(=O)ON2C(=O)CCC2=O)C1=O)c1cc(COc2cc3c(cc2C)C(=O)N2c4ccccc4C[C@H]2C=N3)cc(COc2cc3c(cc2OC)C(=O)N2c4ccccc4C[C@H]2CC3)c1. The average Bonchev–Trinajstić information content (AvgIpc) is 3.25. The van der Waals surface area contributed by atoms with Crippen LogP contribution in [-0.4, -0.2) is 133 Å². The summed E-state index contributed by atoms with van der Waals surface area (Å²) in [7, 11) is 1.57. The van der Waals surface area contributed by atoms with Crippen molar-refractivity contribution in [1.82, 2.24) is 9.96 Å². The monoisotopic (exact) mass is 1170 g/mol. The van der Waals surface area contributed by atoms with Crippen LogP contribution in [0.1, 0.15) is 113 Å². The smallest absolute Gasteiger partial charge is 0.335 e. The van der Waals surface area contributed by atoms with Gasteiger partial charge in [-0.3, -0.25) is 43.6 Å². The van der Waals surface area contributed by atoms with E-state index < -0.39 is 39.6 Å². The number of aliphatic imine (C=N–C) groups is 1. The number of amides is 6. The molecule has 19 nitrogen and oxygen atoms in total. The topological polar surface area (TPSA) is 203 Å². The fourth-order valence-electron chi connectivity index (χ4n) is 12.1. The van der Waals surface area contributed by atoms with Gasteiger partial charge < -0.3 is 38.3 Å². The van der Waals surface area contributed by atoms with Crippen LogP contribution >= 0.6 is 11.8 Å². The highest BCUT2D eigenvalue weighted by Crippen LogP contribution is 2.43. The predicted molar refractivity (Wildman–Crippen MR) is 320 cm³/mol. The minimum atomic E-state index is -0.903. The number of rotatable bonds is 24. The first-order chi connectivity index (χ1) is 41.1. The third-order valence-corrected chi connectivity index (χ3v) is 17.6. The van der Waals surface area contributed by atoms with Gasteiger partial charge in [-0.05, 0) is 128 Å². The molecule has 444 valence electrons. The van der Waals surface area contributed by atoms with Crippen LogP contribution in [0.2, 0.25) is 0 Å². The maximum absolute atomic E-state index is 14.4. The number of anilines is 3. The van der Waals surface area contributed by atoms with E-state index in [1.165, 1.54) is 17.3 Å². The third kappa shape index (κ3) is 12.7. The number of thioether (sulfide) groups is 1. The second-order valence-electron chi connectivity index (χ2n) is 22.8. The Balaban J connectivity index is 0.863. The van der Waals surface area contributed by atoms with Gasteiger partial charge in [0.1, 0.15) is 19.0 Å². The molecule has 11 rings (SSSR count). The molecule has 0 N–H and O–H groups in total.